The van der Waals surface area contributed by atoms with Gasteiger partial charge in [-0.1, -0.05) is 6.07 Å². The quantitative estimate of drug-likeness (QED) is 0.474. The molecule has 0 atom stereocenters. The molecule has 0 radical (unpaired) electrons. The van der Waals surface area contributed by atoms with Gasteiger partial charge >= 0.3 is 10.1 Å². The fourth-order valence-corrected chi connectivity index (χ4v) is 4.21. The van der Waals surface area contributed by atoms with Crippen LogP contribution in [0.1, 0.15) is 46.1 Å². The number of carbonyl (C=O) groups excluding carboxylic acids is 1. The van der Waals surface area contributed by atoms with Crippen molar-refractivity contribution < 1.29 is 22.1 Å². The van der Waals surface area contributed by atoms with E-state index in [2.05, 4.69) is 4.98 Å². The second-order valence-electron chi connectivity index (χ2n) is 8.35. The molecule has 1 aliphatic carbocycles. The van der Waals surface area contributed by atoms with Crippen molar-refractivity contribution in [3.63, 3.8) is 0 Å². The third kappa shape index (κ3) is 4.40. The van der Waals surface area contributed by atoms with E-state index in [9.17, 15) is 13.2 Å². The number of hydrogen-bond acceptors (Lipinski definition) is 8. The molecule has 2 aromatic rings. The first-order valence-electron chi connectivity index (χ1n) is 10.2. The average molecular weight is 459 g/mol. The summed E-state index contributed by atoms with van der Waals surface area (Å²) < 4.78 is 33.9. The van der Waals surface area contributed by atoms with Crippen molar-refractivity contribution in [2.24, 2.45) is 0 Å². The Morgan fingerprint density at radius 1 is 1.28 bits per heavy atom. The number of rotatable bonds is 8. The van der Waals surface area contributed by atoms with E-state index in [1.807, 2.05) is 12.1 Å². The molecular weight excluding hydrogens is 432 g/mol. The summed E-state index contributed by atoms with van der Waals surface area (Å²) in [5, 5.41) is 8.51. The smallest absolute Gasteiger partial charge is 0.306 e. The van der Waals surface area contributed by atoms with E-state index in [4.69, 9.17) is 14.3 Å². The van der Waals surface area contributed by atoms with Crippen LogP contribution in [0.25, 0.3) is 0 Å². The van der Waals surface area contributed by atoms with Gasteiger partial charge in [-0.25, -0.2) is 4.98 Å². The molecule has 9 nitrogen and oxygen atoms in total. The number of pyridine rings is 1. The number of hydrogen-bond donors (Lipinski definition) is 1. The van der Waals surface area contributed by atoms with E-state index >= 15 is 0 Å². The number of carbonyl (C=O) groups is 1. The first-order valence-corrected chi connectivity index (χ1v) is 12.0. The zero-order chi connectivity index (χ0) is 23.2. The highest BCUT2D eigenvalue weighted by Crippen LogP contribution is 2.41. The summed E-state index contributed by atoms with van der Waals surface area (Å²) in [6.07, 6.45) is 3.22. The zero-order valence-corrected chi connectivity index (χ0v) is 19.3. The molecule has 10 heteroatoms. The highest BCUT2D eigenvalue weighted by atomic mass is 32.2. The number of benzene rings is 1. The SMILES string of the molecule is COc1cc(C(=O)CN2Cc3ccc(C4CC4)nc3C2=N)cc(N(C)C)c1OS(C)(=O)=O. The molecule has 4 rings (SSSR count). The highest BCUT2D eigenvalue weighted by molar-refractivity contribution is 7.86. The number of amidine groups is 1. The lowest BCUT2D eigenvalue weighted by Crippen LogP contribution is -2.30. The van der Waals surface area contributed by atoms with Gasteiger partial charge in [-0.2, -0.15) is 8.42 Å². The second kappa shape index (κ2) is 8.09. The van der Waals surface area contributed by atoms with Crippen LogP contribution in [0.5, 0.6) is 11.5 Å². The molecule has 0 amide bonds. The predicted octanol–water partition coefficient (Wildman–Crippen LogP) is 2.40. The topological polar surface area (TPSA) is 113 Å². The summed E-state index contributed by atoms with van der Waals surface area (Å²) >= 11 is 0. The number of ether oxygens (including phenoxy) is 1. The summed E-state index contributed by atoms with van der Waals surface area (Å²) in [5.74, 6) is 0.675. The Morgan fingerprint density at radius 2 is 2.00 bits per heavy atom. The standard InChI is InChI=1S/C22H26N4O5S/c1-25(2)17-9-15(10-19(30-3)21(17)31-32(4,28)29)18(27)12-26-11-14-7-8-16(13-5-6-13)24-20(14)22(26)23/h7-10,13,23H,5-6,11-12H2,1-4H3. The van der Waals surface area contributed by atoms with Crippen molar-refractivity contribution in [1.29, 1.82) is 5.41 Å². The average Bonchev–Trinajstić information content (AvgIpc) is 3.52. The van der Waals surface area contributed by atoms with E-state index in [1.54, 1.807) is 30.0 Å². The maximum absolute atomic E-state index is 13.1. The molecule has 2 heterocycles. The minimum Gasteiger partial charge on any atom is -0.493 e. The van der Waals surface area contributed by atoms with Crippen LogP contribution < -0.4 is 13.8 Å². The summed E-state index contributed by atoms with van der Waals surface area (Å²) in [4.78, 5) is 21.1. The number of anilines is 1. The molecule has 0 saturated heterocycles. The molecule has 1 aliphatic heterocycles. The Labute approximate surface area is 187 Å². The molecule has 170 valence electrons. The number of methoxy groups -OCH3 is 1. The van der Waals surface area contributed by atoms with Crippen LogP contribution in [-0.4, -0.2) is 63.9 Å². The number of nitrogens with one attached hydrogen (secondary N) is 1. The van der Waals surface area contributed by atoms with Gasteiger partial charge in [0.25, 0.3) is 0 Å². The Balaban J connectivity index is 1.59. The van der Waals surface area contributed by atoms with Gasteiger partial charge < -0.3 is 18.7 Å². The maximum Gasteiger partial charge on any atom is 0.306 e. The first kappa shape index (κ1) is 22.1. The van der Waals surface area contributed by atoms with Gasteiger partial charge in [0.1, 0.15) is 11.5 Å². The highest BCUT2D eigenvalue weighted by Gasteiger charge is 2.31. The summed E-state index contributed by atoms with van der Waals surface area (Å²) in [5.41, 5.74) is 3.33. The van der Waals surface area contributed by atoms with Crippen LogP contribution in [0.3, 0.4) is 0 Å². The van der Waals surface area contributed by atoms with Crippen molar-refractivity contribution in [1.82, 2.24) is 9.88 Å². The van der Waals surface area contributed by atoms with E-state index in [0.29, 0.717) is 29.4 Å². The molecule has 32 heavy (non-hydrogen) atoms. The van der Waals surface area contributed by atoms with Gasteiger partial charge in [-0.15, -0.1) is 0 Å². The molecule has 1 saturated carbocycles. The first-order chi connectivity index (χ1) is 15.1. The van der Waals surface area contributed by atoms with Gasteiger partial charge in [0.15, 0.2) is 11.5 Å². The predicted molar refractivity (Wildman–Crippen MR) is 121 cm³/mol. The van der Waals surface area contributed by atoms with Crippen LogP contribution in [0.4, 0.5) is 5.69 Å². The number of aromatic nitrogens is 1. The fourth-order valence-electron chi connectivity index (χ4n) is 3.74. The van der Waals surface area contributed by atoms with E-state index in [-0.39, 0.29) is 29.7 Å². The molecule has 0 bridgehead atoms. The van der Waals surface area contributed by atoms with Gasteiger partial charge in [-0.05, 0) is 31.0 Å². The van der Waals surface area contributed by atoms with E-state index in [1.165, 1.54) is 13.2 Å². The van der Waals surface area contributed by atoms with Crippen molar-refractivity contribution in [2.45, 2.75) is 25.3 Å². The number of ketones is 1. The minimum atomic E-state index is -3.80. The van der Waals surface area contributed by atoms with Crippen molar-refractivity contribution in [2.75, 3.05) is 38.9 Å². The maximum atomic E-state index is 13.1. The molecular formula is C22H26N4O5S. The molecule has 2 aliphatic rings. The minimum absolute atomic E-state index is 0.00371. The van der Waals surface area contributed by atoms with E-state index in [0.717, 1.165) is 30.4 Å². The third-order valence-electron chi connectivity index (χ3n) is 5.53. The molecule has 0 unspecified atom stereocenters. The summed E-state index contributed by atoms with van der Waals surface area (Å²) in [6, 6.07) is 7.05. The Hall–Kier alpha value is -3.14. The van der Waals surface area contributed by atoms with Crippen LogP contribution in [0.2, 0.25) is 0 Å². The van der Waals surface area contributed by atoms with E-state index < -0.39 is 10.1 Å². The van der Waals surface area contributed by atoms with Crippen LogP contribution >= 0.6 is 0 Å². The lowest BCUT2D eigenvalue weighted by Gasteiger charge is -2.21. The molecule has 1 aromatic carbocycles. The van der Waals surface area contributed by atoms with Gasteiger partial charge in [-0.3, -0.25) is 10.2 Å². The monoisotopic (exact) mass is 458 g/mol. The van der Waals surface area contributed by atoms with Crippen molar-refractivity contribution >= 4 is 27.4 Å². The largest absolute Gasteiger partial charge is 0.493 e. The Kier molecular flexibility index (Phi) is 5.58. The molecule has 1 fully saturated rings. The Bertz CT molecular complexity index is 1210. The molecule has 0 spiro atoms. The fraction of sp³-hybridized carbons (Fsp3) is 0.409. The second-order valence-corrected chi connectivity index (χ2v) is 9.93. The van der Waals surface area contributed by atoms with Gasteiger partial charge in [0.05, 0.1) is 25.6 Å². The number of fused-ring (bicyclic) bond motifs is 1. The van der Waals surface area contributed by atoms with Gasteiger partial charge in [0.2, 0.25) is 5.75 Å². The number of nitrogens with zero attached hydrogens (tertiary/aromatic N) is 3. The van der Waals surface area contributed by atoms with Crippen LogP contribution in [-0.2, 0) is 16.7 Å². The van der Waals surface area contributed by atoms with Gasteiger partial charge in [0, 0.05) is 43.4 Å². The van der Waals surface area contributed by atoms with Crippen LogP contribution in [0, 0.1) is 5.41 Å². The van der Waals surface area contributed by atoms with Crippen LogP contribution in [0.15, 0.2) is 24.3 Å². The van der Waals surface area contributed by atoms with Crippen molar-refractivity contribution in [3.8, 4) is 11.5 Å². The molecule has 1 aromatic heterocycles. The summed E-state index contributed by atoms with van der Waals surface area (Å²) in [7, 11) is 1.02. The lowest BCUT2D eigenvalue weighted by atomic mass is 10.1. The third-order valence-corrected chi connectivity index (χ3v) is 6.00. The zero-order valence-electron chi connectivity index (χ0n) is 18.5. The normalized spacial score (nSPS) is 15.5. The Morgan fingerprint density at radius 3 is 2.59 bits per heavy atom. The lowest BCUT2D eigenvalue weighted by molar-refractivity contribution is 0.0962. The number of Topliss-reactive ketones (excluding diaryl/α,β-unsaturated/α-hetero) is 1. The summed E-state index contributed by atoms with van der Waals surface area (Å²) in [6.45, 7) is 0.445. The molecule has 1 N–H and O–H groups in total. The van der Waals surface area contributed by atoms with Crippen molar-refractivity contribution in [3.05, 3.63) is 46.8 Å².